The van der Waals surface area contributed by atoms with E-state index in [1.807, 2.05) is 10.7 Å². The number of hydrogen-bond donors (Lipinski definition) is 1. The molecule has 1 saturated carbocycles. The molecule has 0 radical (unpaired) electrons. The summed E-state index contributed by atoms with van der Waals surface area (Å²) in [5.74, 6) is 0.323. The highest BCUT2D eigenvalue weighted by atomic mass is 35.5. The zero-order valence-electron chi connectivity index (χ0n) is 17.5. The minimum Gasteiger partial charge on any atom is -0.495 e. The maximum Gasteiger partial charge on any atom is 0.274 e. The molecule has 0 unspecified atom stereocenters. The first-order valence-electron chi connectivity index (χ1n) is 9.59. The van der Waals surface area contributed by atoms with E-state index in [2.05, 4.69) is 31.2 Å². The van der Waals surface area contributed by atoms with E-state index in [0.29, 0.717) is 28.1 Å². The molecule has 29 heavy (non-hydrogen) atoms. The number of hydrogen-bond acceptors (Lipinski definition) is 4. The van der Waals surface area contributed by atoms with Crippen LogP contribution >= 0.6 is 11.6 Å². The maximum absolute atomic E-state index is 12.9. The van der Waals surface area contributed by atoms with E-state index in [1.165, 1.54) is 12.0 Å². The molecule has 1 aromatic carbocycles. The van der Waals surface area contributed by atoms with E-state index in [-0.39, 0.29) is 23.9 Å². The Morgan fingerprint density at radius 1 is 1.31 bits per heavy atom. The summed E-state index contributed by atoms with van der Waals surface area (Å²) >= 11 is 6.00. The van der Waals surface area contributed by atoms with Crippen LogP contribution in [0.2, 0.25) is 5.02 Å². The van der Waals surface area contributed by atoms with Gasteiger partial charge in [0.05, 0.1) is 24.9 Å². The van der Waals surface area contributed by atoms with Crippen molar-refractivity contribution in [2.24, 2.45) is 0 Å². The smallest absolute Gasteiger partial charge is 0.274 e. The highest BCUT2D eigenvalue weighted by molar-refractivity contribution is 6.31. The van der Waals surface area contributed by atoms with Crippen LogP contribution in [0.4, 0.5) is 5.69 Å². The van der Waals surface area contributed by atoms with Crippen LogP contribution in [0, 0.1) is 0 Å². The molecule has 2 amide bonds. The lowest BCUT2D eigenvalue weighted by atomic mass is 10.1. The van der Waals surface area contributed by atoms with Crippen molar-refractivity contribution >= 4 is 29.1 Å². The Balaban J connectivity index is 1.71. The van der Waals surface area contributed by atoms with Gasteiger partial charge in [0.15, 0.2) is 5.69 Å². The predicted octanol–water partition coefficient (Wildman–Crippen LogP) is 3.89. The number of benzene rings is 1. The Morgan fingerprint density at radius 3 is 2.59 bits per heavy atom. The zero-order valence-corrected chi connectivity index (χ0v) is 18.2. The number of anilines is 1. The molecule has 0 aliphatic heterocycles. The van der Waals surface area contributed by atoms with Crippen LogP contribution in [0.15, 0.2) is 24.3 Å². The Hall–Kier alpha value is -2.54. The van der Waals surface area contributed by atoms with Crippen LogP contribution < -0.4 is 10.1 Å². The molecule has 7 nitrogen and oxygen atoms in total. The second-order valence-corrected chi connectivity index (χ2v) is 8.80. The van der Waals surface area contributed by atoms with Crippen molar-refractivity contribution in [3.05, 3.63) is 40.7 Å². The molecule has 0 bridgehead atoms. The molecule has 2 aromatic rings. The summed E-state index contributed by atoms with van der Waals surface area (Å²) in [5, 5.41) is 7.77. The van der Waals surface area contributed by atoms with Gasteiger partial charge in [0.25, 0.3) is 5.91 Å². The van der Waals surface area contributed by atoms with E-state index in [1.54, 1.807) is 25.2 Å². The van der Waals surface area contributed by atoms with Crippen molar-refractivity contribution in [2.75, 3.05) is 26.0 Å². The molecule has 1 N–H and O–H groups in total. The van der Waals surface area contributed by atoms with Crippen molar-refractivity contribution in [2.45, 2.75) is 45.1 Å². The van der Waals surface area contributed by atoms with E-state index >= 15 is 0 Å². The van der Waals surface area contributed by atoms with Crippen molar-refractivity contribution < 1.29 is 14.3 Å². The molecule has 1 aromatic heterocycles. The number of carbonyl (C=O) groups is 2. The predicted molar refractivity (Wildman–Crippen MR) is 113 cm³/mol. The summed E-state index contributed by atoms with van der Waals surface area (Å²) in [5.41, 5.74) is 1.69. The zero-order chi connectivity index (χ0) is 21.3. The second kappa shape index (κ2) is 8.06. The van der Waals surface area contributed by atoms with Gasteiger partial charge in [-0.25, -0.2) is 0 Å². The molecule has 0 atom stereocenters. The Kier molecular flexibility index (Phi) is 5.89. The summed E-state index contributed by atoms with van der Waals surface area (Å²) < 4.78 is 7.17. The van der Waals surface area contributed by atoms with E-state index < -0.39 is 0 Å². The first kappa shape index (κ1) is 21.2. The summed E-state index contributed by atoms with van der Waals surface area (Å²) in [6, 6.07) is 6.81. The van der Waals surface area contributed by atoms with Gasteiger partial charge in [-0.1, -0.05) is 11.6 Å². The van der Waals surface area contributed by atoms with Crippen molar-refractivity contribution in [3.8, 4) is 5.75 Å². The number of methoxy groups -OCH3 is 1. The number of amides is 2. The van der Waals surface area contributed by atoms with Gasteiger partial charge in [-0.05, 0) is 57.9 Å². The van der Waals surface area contributed by atoms with Gasteiger partial charge in [-0.3, -0.25) is 14.3 Å². The summed E-state index contributed by atoms with van der Waals surface area (Å²) in [6.07, 6.45) is 2.24. The van der Waals surface area contributed by atoms with Crippen LogP contribution in [0.1, 0.15) is 55.7 Å². The normalized spacial score (nSPS) is 13.9. The lowest BCUT2D eigenvalue weighted by molar-refractivity contribution is -0.116. The molecule has 3 rings (SSSR count). The van der Waals surface area contributed by atoms with Gasteiger partial charge in [0, 0.05) is 23.7 Å². The first-order chi connectivity index (χ1) is 13.6. The third-order valence-corrected chi connectivity index (χ3v) is 4.99. The quantitative estimate of drug-likeness (QED) is 0.772. The highest BCUT2D eigenvalue weighted by Gasteiger charge is 2.33. The number of rotatable bonds is 6. The molecular formula is C21H27ClN4O3. The fraction of sp³-hybridized carbons (Fsp3) is 0.476. The third-order valence-electron chi connectivity index (χ3n) is 4.75. The SMILES string of the molecule is COc1ccc(Cl)cc1NC(=O)CN(C)C(=O)c1cc(C2CC2)n(C(C)(C)C)n1. The van der Waals surface area contributed by atoms with Crippen LogP contribution in [-0.4, -0.2) is 47.2 Å². The highest BCUT2D eigenvalue weighted by Crippen LogP contribution is 2.41. The van der Waals surface area contributed by atoms with Gasteiger partial charge in [-0.2, -0.15) is 5.10 Å². The van der Waals surface area contributed by atoms with Crippen LogP contribution in [0.25, 0.3) is 0 Å². The van der Waals surface area contributed by atoms with Crippen molar-refractivity contribution in [1.82, 2.24) is 14.7 Å². The standard InChI is InChI=1S/C21H27ClN4O3/c1-21(2,3)26-17(13-6-7-13)11-16(24-26)20(28)25(4)12-19(27)23-15-10-14(22)8-9-18(15)29-5/h8-11,13H,6-7,12H2,1-5H3,(H,23,27). The molecule has 1 heterocycles. The molecular weight excluding hydrogens is 392 g/mol. The molecule has 1 aliphatic carbocycles. The van der Waals surface area contributed by atoms with Crippen LogP contribution in [0.3, 0.4) is 0 Å². The number of nitrogens with zero attached hydrogens (tertiary/aromatic N) is 3. The second-order valence-electron chi connectivity index (χ2n) is 8.37. The topological polar surface area (TPSA) is 76.5 Å². The molecule has 0 saturated heterocycles. The summed E-state index contributed by atoms with van der Waals surface area (Å²) in [7, 11) is 3.10. The minimum absolute atomic E-state index is 0.115. The fourth-order valence-electron chi connectivity index (χ4n) is 3.16. The average molecular weight is 419 g/mol. The monoisotopic (exact) mass is 418 g/mol. The van der Waals surface area contributed by atoms with Gasteiger partial charge < -0.3 is 15.0 Å². The number of aromatic nitrogens is 2. The number of likely N-dealkylation sites (N-methyl/N-ethyl adjacent to an activating group) is 1. The lowest BCUT2D eigenvalue weighted by Crippen LogP contribution is -2.35. The summed E-state index contributed by atoms with van der Waals surface area (Å²) in [6.45, 7) is 6.08. The number of nitrogens with one attached hydrogen (secondary N) is 1. The maximum atomic E-state index is 12.9. The van der Waals surface area contributed by atoms with E-state index in [4.69, 9.17) is 16.3 Å². The number of halogens is 1. The Labute approximate surface area is 176 Å². The first-order valence-corrected chi connectivity index (χ1v) is 9.97. The van der Waals surface area contributed by atoms with Gasteiger partial charge in [0.2, 0.25) is 5.91 Å². The van der Waals surface area contributed by atoms with Crippen LogP contribution in [0.5, 0.6) is 5.75 Å². The Morgan fingerprint density at radius 2 is 2.00 bits per heavy atom. The molecule has 1 aliphatic rings. The van der Waals surface area contributed by atoms with Crippen molar-refractivity contribution in [3.63, 3.8) is 0 Å². The van der Waals surface area contributed by atoms with E-state index in [0.717, 1.165) is 18.5 Å². The number of ether oxygens (including phenoxy) is 1. The third kappa shape index (κ3) is 4.90. The molecule has 1 fully saturated rings. The average Bonchev–Trinajstić information content (AvgIpc) is 3.38. The summed E-state index contributed by atoms with van der Waals surface area (Å²) in [4.78, 5) is 26.7. The molecule has 156 valence electrons. The minimum atomic E-state index is -0.348. The van der Waals surface area contributed by atoms with Crippen molar-refractivity contribution in [1.29, 1.82) is 0 Å². The van der Waals surface area contributed by atoms with Gasteiger partial charge in [-0.15, -0.1) is 0 Å². The lowest BCUT2D eigenvalue weighted by Gasteiger charge is -2.22. The number of carbonyl (C=O) groups excluding carboxylic acids is 2. The Bertz CT molecular complexity index is 928. The van der Waals surface area contributed by atoms with Gasteiger partial charge >= 0.3 is 0 Å². The van der Waals surface area contributed by atoms with Gasteiger partial charge in [0.1, 0.15) is 5.75 Å². The van der Waals surface area contributed by atoms with Crippen LogP contribution in [-0.2, 0) is 10.3 Å². The van der Waals surface area contributed by atoms with E-state index in [9.17, 15) is 9.59 Å². The molecule has 0 spiro atoms. The molecule has 8 heteroatoms. The fourth-order valence-corrected chi connectivity index (χ4v) is 3.33. The largest absolute Gasteiger partial charge is 0.495 e.